The highest BCUT2D eigenvalue weighted by Gasteiger charge is 2.68. The molecule has 0 aromatic carbocycles. The first-order valence-electron chi connectivity index (χ1n) is 12.2. The minimum Gasteiger partial charge on any atom is -0.344 e. The van der Waals surface area contributed by atoms with Gasteiger partial charge in [-0.2, -0.15) is 5.10 Å². The Balaban J connectivity index is 1.46. The van der Waals surface area contributed by atoms with Gasteiger partial charge in [0, 0.05) is 5.69 Å². The second-order valence-electron chi connectivity index (χ2n) is 12.2. The topological polar surface area (TPSA) is 47.1 Å². The summed E-state index contributed by atoms with van der Waals surface area (Å²) in [4.78, 5) is 0. The second-order valence-corrected chi connectivity index (χ2v) is 12.2. The van der Waals surface area contributed by atoms with Crippen LogP contribution in [0, 0.1) is 40.4 Å². The Kier molecular flexibility index (Phi) is 3.92. The van der Waals surface area contributed by atoms with Gasteiger partial charge in [0.25, 0.3) is 0 Å². The summed E-state index contributed by atoms with van der Waals surface area (Å²) in [5, 5.41) is 7.68. The molecule has 4 heteroatoms. The summed E-state index contributed by atoms with van der Waals surface area (Å²) in [5.74, 6) is 2.68. The van der Waals surface area contributed by atoms with E-state index in [2.05, 4.69) is 57.6 Å². The van der Waals surface area contributed by atoms with Gasteiger partial charge in [0.1, 0.15) is 0 Å². The van der Waals surface area contributed by atoms with Crippen molar-refractivity contribution in [3.05, 3.63) is 29.6 Å². The monoisotopic (exact) mass is 410 g/mol. The molecule has 0 bridgehead atoms. The van der Waals surface area contributed by atoms with Crippen molar-refractivity contribution in [1.29, 1.82) is 0 Å². The number of aromatic amines is 1. The SMILES string of the molecule is C=C(C)C1CC[C@H]2[C@@H]3[C@H]4OC(C)(C)O[C@@H]4[C@H]4Cc5[nH]ncc5C[C@]4(C)[C@H]3CC[C@]12C. The fourth-order valence-corrected chi connectivity index (χ4v) is 9.22. The number of fused-ring (bicyclic) bond motifs is 9. The molecule has 1 aromatic heterocycles. The normalized spacial score (nSPS) is 50.8. The van der Waals surface area contributed by atoms with Gasteiger partial charge < -0.3 is 9.47 Å². The van der Waals surface area contributed by atoms with Crippen molar-refractivity contribution >= 4 is 0 Å². The Hall–Kier alpha value is -1.13. The largest absolute Gasteiger partial charge is 0.344 e. The van der Waals surface area contributed by atoms with E-state index in [1.807, 2.05) is 0 Å². The second kappa shape index (κ2) is 6.01. The lowest BCUT2D eigenvalue weighted by Gasteiger charge is -2.62. The first-order chi connectivity index (χ1) is 14.1. The average Bonchev–Trinajstić information content (AvgIpc) is 3.33. The van der Waals surface area contributed by atoms with Crippen molar-refractivity contribution in [2.45, 2.75) is 91.1 Å². The maximum atomic E-state index is 6.76. The van der Waals surface area contributed by atoms with Crippen LogP contribution in [0.1, 0.15) is 71.6 Å². The fourth-order valence-electron chi connectivity index (χ4n) is 9.22. The molecule has 2 heterocycles. The molecule has 1 N–H and O–H groups in total. The molecule has 6 rings (SSSR count). The van der Waals surface area contributed by atoms with Crippen molar-refractivity contribution in [2.75, 3.05) is 0 Å². The maximum Gasteiger partial charge on any atom is 0.163 e. The molecule has 5 aliphatic rings. The summed E-state index contributed by atoms with van der Waals surface area (Å²) in [6.45, 7) is 16.0. The van der Waals surface area contributed by atoms with Crippen LogP contribution in [0.4, 0.5) is 0 Å². The van der Waals surface area contributed by atoms with Crippen LogP contribution in [0.25, 0.3) is 0 Å². The smallest absolute Gasteiger partial charge is 0.163 e. The number of allylic oxidation sites excluding steroid dienone is 1. The third kappa shape index (κ3) is 2.38. The van der Waals surface area contributed by atoms with Crippen LogP contribution in [0.2, 0.25) is 0 Å². The minimum absolute atomic E-state index is 0.189. The highest BCUT2D eigenvalue weighted by molar-refractivity contribution is 5.28. The minimum atomic E-state index is -0.487. The predicted molar refractivity (Wildman–Crippen MR) is 117 cm³/mol. The molecule has 1 saturated heterocycles. The number of hydrogen-bond donors (Lipinski definition) is 1. The van der Waals surface area contributed by atoms with E-state index in [-0.39, 0.29) is 17.6 Å². The van der Waals surface area contributed by atoms with E-state index in [1.54, 1.807) is 0 Å². The van der Waals surface area contributed by atoms with E-state index in [1.165, 1.54) is 42.5 Å². The van der Waals surface area contributed by atoms with E-state index in [4.69, 9.17) is 9.47 Å². The number of hydrogen-bond acceptors (Lipinski definition) is 3. The summed E-state index contributed by atoms with van der Waals surface area (Å²) in [7, 11) is 0. The third-order valence-electron chi connectivity index (χ3n) is 10.4. The van der Waals surface area contributed by atoms with Gasteiger partial charge in [-0.05, 0) is 105 Å². The van der Waals surface area contributed by atoms with Gasteiger partial charge in [0.15, 0.2) is 5.79 Å². The standard InChI is InChI=1S/C26H38N2O2/c1-14(2)16-7-8-17-21-18(9-10-25(16,17)5)26(6)12-15-13-27-28-20(15)11-19(26)22-23(21)30-24(3,4)29-22/h13,16-19,21-23H,1,7-12H2,2-6H3,(H,27,28)/t16?,17-,18-,19+,21-,22+,23+,25+,26+/m0/s1. The van der Waals surface area contributed by atoms with Gasteiger partial charge in [-0.1, -0.05) is 26.0 Å². The zero-order chi connectivity index (χ0) is 21.1. The van der Waals surface area contributed by atoms with Crippen LogP contribution in [0.5, 0.6) is 0 Å². The molecule has 0 radical (unpaired) electrons. The molecule has 1 aliphatic heterocycles. The fraction of sp³-hybridized carbons (Fsp3) is 0.808. The average molecular weight is 411 g/mol. The first kappa shape index (κ1) is 19.5. The maximum absolute atomic E-state index is 6.76. The van der Waals surface area contributed by atoms with Crippen LogP contribution in [-0.4, -0.2) is 28.2 Å². The van der Waals surface area contributed by atoms with Crippen LogP contribution in [0.3, 0.4) is 0 Å². The molecular formula is C26H38N2O2. The molecule has 0 spiro atoms. The Labute approximate surface area is 181 Å². The van der Waals surface area contributed by atoms with E-state index in [9.17, 15) is 0 Å². The number of nitrogens with one attached hydrogen (secondary N) is 1. The zero-order valence-corrected chi connectivity index (χ0v) is 19.3. The Morgan fingerprint density at radius 2 is 1.77 bits per heavy atom. The number of H-pyrrole nitrogens is 1. The van der Waals surface area contributed by atoms with E-state index < -0.39 is 5.79 Å². The van der Waals surface area contributed by atoms with Crippen molar-refractivity contribution in [3.63, 3.8) is 0 Å². The highest BCUT2D eigenvalue weighted by atomic mass is 16.8. The van der Waals surface area contributed by atoms with Gasteiger partial charge in [-0.25, -0.2) is 0 Å². The van der Waals surface area contributed by atoms with Crippen LogP contribution < -0.4 is 0 Å². The van der Waals surface area contributed by atoms with Crippen molar-refractivity contribution < 1.29 is 9.47 Å². The number of rotatable bonds is 1. The Bertz CT molecular complexity index is 889. The van der Waals surface area contributed by atoms with Gasteiger partial charge in [0.05, 0.1) is 18.4 Å². The lowest BCUT2D eigenvalue weighted by molar-refractivity contribution is -0.170. The Morgan fingerprint density at radius 3 is 2.53 bits per heavy atom. The molecule has 9 atom stereocenters. The van der Waals surface area contributed by atoms with Crippen molar-refractivity contribution in [1.82, 2.24) is 10.2 Å². The molecule has 4 aliphatic carbocycles. The summed E-state index contributed by atoms with van der Waals surface area (Å²) >= 11 is 0. The van der Waals surface area contributed by atoms with Crippen LogP contribution in [-0.2, 0) is 22.3 Å². The summed E-state index contributed by atoms with van der Waals surface area (Å²) in [6.07, 6.45) is 9.93. The third-order valence-corrected chi connectivity index (χ3v) is 10.4. The molecular weight excluding hydrogens is 372 g/mol. The predicted octanol–water partition coefficient (Wildman–Crippen LogP) is 5.30. The molecule has 30 heavy (non-hydrogen) atoms. The highest BCUT2D eigenvalue weighted by Crippen LogP contribution is 2.69. The number of ether oxygens (including phenoxy) is 2. The molecule has 0 amide bonds. The molecule has 1 aromatic rings. The van der Waals surface area contributed by atoms with E-state index in [0.717, 1.165) is 12.8 Å². The number of aromatic nitrogens is 2. The van der Waals surface area contributed by atoms with Gasteiger partial charge in [-0.3, -0.25) is 5.10 Å². The van der Waals surface area contributed by atoms with Gasteiger partial charge in [-0.15, -0.1) is 0 Å². The molecule has 4 fully saturated rings. The quantitative estimate of drug-likeness (QED) is 0.639. The molecule has 3 saturated carbocycles. The number of nitrogens with zero attached hydrogens (tertiary/aromatic N) is 1. The lowest BCUT2D eigenvalue weighted by Crippen LogP contribution is -2.63. The van der Waals surface area contributed by atoms with Gasteiger partial charge >= 0.3 is 0 Å². The Morgan fingerprint density at radius 1 is 1.03 bits per heavy atom. The molecule has 1 unspecified atom stereocenters. The summed E-state index contributed by atoms with van der Waals surface area (Å²) in [6, 6.07) is 0. The van der Waals surface area contributed by atoms with Crippen LogP contribution in [0.15, 0.2) is 18.3 Å². The summed E-state index contributed by atoms with van der Waals surface area (Å²) in [5.41, 5.74) is 4.77. The van der Waals surface area contributed by atoms with Crippen molar-refractivity contribution in [3.8, 4) is 0 Å². The van der Waals surface area contributed by atoms with Crippen LogP contribution >= 0.6 is 0 Å². The van der Waals surface area contributed by atoms with E-state index in [0.29, 0.717) is 35.0 Å². The van der Waals surface area contributed by atoms with Gasteiger partial charge in [0.2, 0.25) is 0 Å². The molecule has 4 nitrogen and oxygen atoms in total. The first-order valence-corrected chi connectivity index (χ1v) is 12.2. The molecule has 164 valence electrons. The zero-order valence-electron chi connectivity index (χ0n) is 19.3. The van der Waals surface area contributed by atoms with E-state index >= 15 is 0 Å². The summed E-state index contributed by atoms with van der Waals surface area (Å²) < 4.78 is 13.5. The van der Waals surface area contributed by atoms with Crippen molar-refractivity contribution in [2.24, 2.45) is 40.4 Å². The lowest BCUT2D eigenvalue weighted by atomic mass is 9.43.